The second kappa shape index (κ2) is 5.74. The number of amides is 1. The Morgan fingerprint density at radius 1 is 1.36 bits per heavy atom. The zero-order valence-electron chi connectivity index (χ0n) is 14.8. The maximum Gasteiger partial charge on any atom is 0.236 e. The summed E-state index contributed by atoms with van der Waals surface area (Å²) in [4.78, 5) is 21.1. The van der Waals surface area contributed by atoms with Crippen molar-refractivity contribution in [3.8, 4) is 0 Å². The van der Waals surface area contributed by atoms with E-state index in [4.69, 9.17) is 4.98 Å². The molecule has 1 N–H and O–H groups in total. The minimum absolute atomic E-state index is 0.0545. The molecule has 25 heavy (non-hydrogen) atoms. The van der Waals surface area contributed by atoms with E-state index in [-0.39, 0.29) is 22.5 Å². The maximum atomic E-state index is 12.1. The molecule has 2 aromatic heterocycles. The summed E-state index contributed by atoms with van der Waals surface area (Å²) in [5, 5.41) is 14.7. The van der Waals surface area contributed by atoms with Gasteiger partial charge in [-0.15, -0.1) is 16.4 Å². The topological polar surface area (TPSA) is 80.7 Å². The minimum atomic E-state index is -0.100. The van der Waals surface area contributed by atoms with Gasteiger partial charge in [-0.2, -0.15) is 5.10 Å². The van der Waals surface area contributed by atoms with Crippen LogP contribution in [0.4, 0.5) is 5.13 Å². The highest BCUT2D eigenvalue weighted by Gasteiger charge is 2.61. The number of nitrogens with one attached hydrogen (secondary N) is 1. The molecule has 0 aliphatic heterocycles. The van der Waals surface area contributed by atoms with Gasteiger partial charge in [-0.1, -0.05) is 32.5 Å². The summed E-state index contributed by atoms with van der Waals surface area (Å²) >= 11 is 2.75. The van der Waals surface area contributed by atoms with E-state index in [9.17, 15) is 4.79 Å². The van der Waals surface area contributed by atoms with E-state index in [2.05, 4.69) is 41.3 Å². The largest absolute Gasteiger partial charge is 0.301 e. The Hall–Kier alpha value is -1.54. The summed E-state index contributed by atoms with van der Waals surface area (Å²) in [5.41, 5.74) is 3.28. The molecule has 6 nitrogen and oxygen atoms in total. The van der Waals surface area contributed by atoms with Crippen molar-refractivity contribution in [2.45, 2.75) is 57.0 Å². The van der Waals surface area contributed by atoms with Crippen LogP contribution in [0, 0.1) is 12.3 Å². The third kappa shape index (κ3) is 2.57. The van der Waals surface area contributed by atoms with Crippen LogP contribution in [0.25, 0.3) is 0 Å². The van der Waals surface area contributed by atoms with E-state index in [1.165, 1.54) is 23.1 Å². The molecule has 2 heterocycles. The first kappa shape index (κ1) is 16.9. The molecule has 1 saturated carbocycles. The summed E-state index contributed by atoms with van der Waals surface area (Å²) in [5.74, 6) is 0.599. The standard InChI is InChI=1S/C17H21N5OS2/c1-9-7-24-14(18-9)19-11(23)8-25-15-20-13-12(21-22-15)10-5-6-17(13,4)16(10,2)3/h7,10H,5-6,8H2,1-4H3,(H,18,19,23)/t10-,17+/m1/s1. The Balaban J connectivity index is 1.46. The first-order valence-electron chi connectivity index (χ1n) is 8.41. The molecule has 1 fully saturated rings. The van der Waals surface area contributed by atoms with Gasteiger partial charge in [-0.3, -0.25) is 4.79 Å². The highest BCUT2D eigenvalue weighted by Crippen LogP contribution is 2.66. The van der Waals surface area contributed by atoms with Crippen molar-refractivity contribution in [3.05, 3.63) is 22.5 Å². The normalized spacial score (nSPS) is 25.8. The van der Waals surface area contributed by atoms with Crippen LogP contribution in [0.15, 0.2) is 10.5 Å². The highest BCUT2D eigenvalue weighted by molar-refractivity contribution is 7.99. The van der Waals surface area contributed by atoms with Crippen LogP contribution in [0.1, 0.15) is 56.6 Å². The number of anilines is 1. The number of hydrogen-bond donors (Lipinski definition) is 1. The molecule has 8 heteroatoms. The molecule has 132 valence electrons. The molecule has 1 amide bonds. The van der Waals surface area contributed by atoms with Crippen molar-refractivity contribution in [3.63, 3.8) is 0 Å². The highest BCUT2D eigenvalue weighted by atomic mass is 32.2. The monoisotopic (exact) mass is 375 g/mol. The third-order valence-electron chi connectivity index (χ3n) is 5.97. The number of carbonyl (C=O) groups excluding carboxylic acids is 1. The van der Waals surface area contributed by atoms with Gasteiger partial charge >= 0.3 is 0 Å². The fraction of sp³-hybridized carbons (Fsp3) is 0.588. The minimum Gasteiger partial charge on any atom is -0.301 e. The van der Waals surface area contributed by atoms with Crippen LogP contribution in [0.5, 0.6) is 0 Å². The van der Waals surface area contributed by atoms with Crippen LogP contribution in [0.3, 0.4) is 0 Å². The molecule has 2 aliphatic rings. The lowest BCUT2D eigenvalue weighted by molar-refractivity contribution is -0.113. The number of thiazole rings is 1. The van der Waals surface area contributed by atoms with E-state index in [1.807, 2.05) is 12.3 Å². The average molecular weight is 376 g/mol. The summed E-state index contributed by atoms with van der Waals surface area (Å²) < 4.78 is 0. The van der Waals surface area contributed by atoms with Gasteiger partial charge < -0.3 is 5.32 Å². The van der Waals surface area contributed by atoms with Gasteiger partial charge in [-0.25, -0.2) is 9.97 Å². The second-order valence-corrected chi connectivity index (χ2v) is 9.40. The smallest absolute Gasteiger partial charge is 0.236 e. The lowest BCUT2D eigenvalue weighted by Gasteiger charge is -2.33. The number of fused-ring (bicyclic) bond motifs is 5. The van der Waals surface area contributed by atoms with Crippen molar-refractivity contribution in [2.75, 3.05) is 11.1 Å². The van der Waals surface area contributed by atoms with Crippen molar-refractivity contribution in [2.24, 2.45) is 5.41 Å². The van der Waals surface area contributed by atoms with E-state index >= 15 is 0 Å². The Bertz CT molecular complexity index is 849. The van der Waals surface area contributed by atoms with Crippen molar-refractivity contribution >= 4 is 34.1 Å². The van der Waals surface area contributed by atoms with Gasteiger partial charge in [0.15, 0.2) is 5.13 Å². The van der Waals surface area contributed by atoms with E-state index in [0.717, 1.165) is 29.9 Å². The van der Waals surface area contributed by atoms with Crippen LogP contribution in [-0.4, -0.2) is 31.8 Å². The Labute approximate surface area is 155 Å². The molecule has 0 spiro atoms. The summed E-state index contributed by atoms with van der Waals surface area (Å²) in [6, 6.07) is 0. The molecule has 0 aromatic carbocycles. The SMILES string of the molecule is Cc1csc(NC(=O)CSc2nnc3c(n2)[C@]2(C)CC[C@H]3C2(C)C)n1. The number of rotatable bonds is 4. The molecule has 2 atom stereocenters. The van der Waals surface area contributed by atoms with E-state index in [0.29, 0.717) is 16.2 Å². The van der Waals surface area contributed by atoms with Crippen molar-refractivity contribution < 1.29 is 4.79 Å². The number of carbonyl (C=O) groups is 1. The predicted octanol–water partition coefficient (Wildman–Crippen LogP) is 3.54. The predicted molar refractivity (Wildman–Crippen MR) is 99.1 cm³/mol. The van der Waals surface area contributed by atoms with Gasteiger partial charge in [0.1, 0.15) is 0 Å². The Morgan fingerprint density at radius 3 is 2.88 bits per heavy atom. The van der Waals surface area contributed by atoms with Gasteiger partial charge in [0.05, 0.1) is 22.8 Å². The number of aryl methyl sites for hydroxylation is 1. The molecule has 2 bridgehead atoms. The molecule has 2 aliphatic carbocycles. The molecule has 0 saturated heterocycles. The lowest BCUT2D eigenvalue weighted by atomic mass is 9.70. The van der Waals surface area contributed by atoms with Crippen LogP contribution < -0.4 is 5.32 Å². The number of thioether (sulfide) groups is 1. The molecular formula is C17H21N5OS2. The van der Waals surface area contributed by atoms with Crippen LogP contribution in [-0.2, 0) is 10.2 Å². The summed E-state index contributed by atoms with van der Waals surface area (Å²) in [6.45, 7) is 8.81. The number of nitrogens with zero attached hydrogens (tertiary/aromatic N) is 4. The fourth-order valence-electron chi connectivity index (χ4n) is 4.12. The first-order chi connectivity index (χ1) is 11.8. The molecule has 0 radical (unpaired) electrons. The lowest BCUT2D eigenvalue weighted by Crippen LogP contribution is -2.32. The van der Waals surface area contributed by atoms with Gasteiger partial charge in [-0.05, 0) is 25.2 Å². The number of hydrogen-bond acceptors (Lipinski definition) is 7. The second-order valence-electron chi connectivity index (χ2n) is 7.60. The van der Waals surface area contributed by atoms with Gasteiger partial charge in [0.2, 0.25) is 11.1 Å². The van der Waals surface area contributed by atoms with E-state index < -0.39 is 0 Å². The zero-order valence-corrected chi connectivity index (χ0v) is 16.4. The van der Waals surface area contributed by atoms with Crippen molar-refractivity contribution in [1.82, 2.24) is 20.2 Å². The fourth-order valence-corrected chi connectivity index (χ4v) is 5.41. The molecule has 0 unspecified atom stereocenters. The molecule has 2 aromatic rings. The quantitative estimate of drug-likeness (QED) is 0.823. The third-order valence-corrected chi connectivity index (χ3v) is 7.68. The molecule has 4 rings (SSSR count). The summed E-state index contributed by atoms with van der Waals surface area (Å²) in [6.07, 6.45) is 2.30. The van der Waals surface area contributed by atoms with E-state index in [1.54, 1.807) is 0 Å². The van der Waals surface area contributed by atoms with Crippen molar-refractivity contribution in [1.29, 1.82) is 0 Å². The summed E-state index contributed by atoms with van der Waals surface area (Å²) in [7, 11) is 0. The Morgan fingerprint density at radius 2 is 2.16 bits per heavy atom. The van der Waals surface area contributed by atoms with Gasteiger partial charge in [0.25, 0.3) is 0 Å². The zero-order chi connectivity index (χ0) is 17.8. The van der Waals surface area contributed by atoms with Gasteiger partial charge in [0, 0.05) is 16.7 Å². The molecular weight excluding hydrogens is 354 g/mol. The average Bonchev–Trinajstić information content (AvgIpc) is 3.12. The van der Waals surface area contributed by atoms with Crippen LogP contribution >= 0.6 is 23.1 Å². The maximum absolute atomic E-state index is 12.1. The Kier molecular flexibility index (Phi) is 3.88. The van der Waals surface area contributed by atoms with Crippen LogP contribution in [0.2, 0.25) is 0 Å². The first-order valence-corrected chi connectivity index (χ1v) is 10.3. The number of aromatic nitrogens is 4.